The Labute approximate surface area is 96.8 Å². The molecule has 0 aromatic carbocycles. The average molecular weight is 223 g/mol. The molecule has 1 atom stereocenters. The molecule has 1 aromatic rings. The van der Waals surface area contributed by atoms with Crippen LogP contribution in [0, 0.1) is 12.3 Å². The zero-order chi connectivity index (χ0) is 12.5. The number of hydrogen-bond donors (Lipinski definition) is 1. The summed E-state index contributed by atoms with van der Waals surface area (Å²) >= 11 is 0. The van der Waals surface area contributed by atoms with E-state index in [1.807, 2.05) is 40.8 Å². The maximum absolute atomic E-state index is 12.0. The van der Waals surface area contributed by atoms with Gasteiger partial charge in [-0.3, -0.25) is 9.48 Å². The van der Waals surface area contributed by atoms with Gasteiger partial charge >= 0.3 is 0 Å². The minimum Gasteiger partial charge on any atom is -0.321 e. The lowest BCUT2D eigenvalue weighted by Crippen LogP contribution is -2.43. The summed E-state index contributed by atoms with van der Waals surface area (Å²) in [5, 5.41) is 4.21. The standard InChI is InChI=1S/C12H21N3O/c1-8-6-9(15(5)14-8)7-10(16)11(13)12(2,3)4/h6,11H,7,13H2,1-5H3. The van der Waals surface area contributed by atoms with E-state index in [0.29, 0.717) is 6.42 Å². The highest BCUT2D eigenvalue weighted by atomic mass is 16.1. The summed E-state index contributed by atoms with van der Waals surface area (Å²) in [6.07, 6.45) is 0.357. The van der Waals surface area contributed by atoms with Gasteiger partial charge in [0.25, 0.3) is 0 Å². The molecule has 4 heteroatoms. The highest BCUT2D eigenvalue weighted by Crippen LogP contribution is 2.19. The van der Waals surface area contributed by atoms with E-state index in [-0.39, 0.29) is 11.2 Å². The zero-order valence-corrected chi connectivity index (χ0v) is 10.7. The topological polar surface area (TPSA) is 60.9 Å². The second-order valence-electron chi connectivity index (χ2n) is 5.39. The first kappa shape index (κ1) is 12.9. The Morgan fingerprint density at radius 1 is 1.56 bits per heavy atom. The number of carbonyl (C=O) groups excluding carboxylic acids is 1. The number of nitrogens with zero attached hydrogens (tertiary/aromatic N) is 2. The van der Waals surface area contributed by atoms with Crippen molar-refractivity contribution in [1.82, 2.24) is 9.78 Å². The van der Waals surface area contributed by atoms with Crippen molar-refractivity contribution in [2.24, 2.45) is 18.2 Å². The lowest BCUT2D eigenvalue weighted by atomic mass is 9.84. The number of Topliss-reactive ketones (excluding diaryl/α,β-unsaturated/α-hetero) is 1. The van der Waals surface area contributed by atoms with Gasteiger partial charge in [-0.05, 0) is 18.4 Å². The number of nitrogens with two attached hydrogens (primary N) is 1. The molecule has 0 radical (unpaired) electrons. The van der Waals surface area contributed by atoms with Gasteiger partial charge in [0.15, 0.2) is 5.78 Å². The average Bonchev–Trinajstić information content (AvgIpc) is 2.42. The van der Waals surface area contributed by atoms with E-state index >= 15 is 0 Å². The molecule has 0 aliphatic rings. The van der Waals surface area contributed by atoms with Gasteiger partial charge in [-0.2, -0.15) is 5.10 Å². The lowest BCUT2D eigenvalue weighted by Gasteiger charge is -2.25. The second kappa shape index (κ2) is 4.37. The minimum atomic E-state index is -0.428. The van der Waals surface area contributed by atoms with Gasteiger partial charge in [-0.25, -0.2) is 0 Å². The largest absolute Gasteiger partial charge is 0.321 e. The highest BCUT2D eigenvalue weighted by molar-refractivity contribution is 5.86. The van der Waals surface area contributed by atoms with Crippen molar-refractivity contribution in [1.29, 1.82) is 0 Å². The molecular formula is C12H21N3O. The van der Waals surface area contributed by atoms with E-state index in [1.165, 1.54) is 0 Å². The van der Waals surface area contributed by atoms with Gasteiger partial charge in [0, 0.05) is 12.7 Å². The van der Waals surface area contributed by atoms with Crippen LogP contribution in [0.15, 0.2) is 6.07 Å². The van der Waals surface area contributed by atoms with Crippen molar-refractivity contribution in [2.75, 3.05) is 0 Å². The molecule has 0 aliphatic carbocycles. The maximum atomic E-state index is 12.0. The first-order valence-electron chi connectivity index (χ1n) is 5.49. The summed E-state index contributed by atoms with van der Waals surface area (Å²) in [7, 11) is 1.85. The number of carbonyl (C=O) groups is 1. The van der Waals surface area contributed by atoms with Crippen LogP contribution in [0.1, 0.15) is 32.2 Å². The molecule has 4 nitrogen and oxygen atoms in total. The molecule has 0 fully saturated rings. The van der Waals surface area contributed by atoms with Crippen molar-refractivity contribution < 1.29 is 4.79 Å². The summed E-state index contributed by atoms with van der Waals surface area (Å²) < 4.78 is 1.74. The van der Waals surface area contributed by atoms with Crippen LogP contribution in [0.2, 0.25) is 0 Å². The molecule has 1 heterocycles. The van der Waals surface area contributed by atoms with Gasteiger partial charge in [-0.1, -0.05) is 20.8 Å². The van der Waals surface area contributed by atoms with Gasteiger partial charge in [-0.15, -0.1) is 0 Å². The lowest BCUT2D eigenvalue weighted by molar-refractivity contribution is -0.121. The van der Waals surface area contributed by atoms with Gasteiger partial charge in [0.1, 0.15) is 0 Å². The molecule has 1 unspecified atom stereocenters. The predicted octanol–water partition coefficient (Wildman–Crippen LogP) is 1.21. The summed E-state index contributed by atoms with van der Waals surface area (Å²) in [4.78, 5) is 12.0. The quantitative estimate of drug-likeness (QED) is 0.838. The number of hydrogen-bond acceptors (Lipinski definition) is 3. The Hall–Kier alpha value is -1.16. The van der Waals surface area contributed by atoms with E-state index < -0.39 is 6.04 Å². The molecule has 0 bridgehead atoms. The molecular weight excluding hydrogens is 202 g/mol. The first-order chi connectivity index (χ1) is 7.21. The third-order valence-corrected chi connectivity index (χ3v) is 2.73. The summed E-state index contributed by atoms with van der Waals surface area (Å²) in [5.41, 5.74) is 7.57. The summed E-state index contributed by atoms with van der Waals surface area (Å²) in [5.74, 6) is 0.0653. The molecule has 16 heavy (non-hydrogen) atoms. The fourth-order valence-electron chi connectivity index (χ4n) is 1.60. The third kappa shape index (κ3) is 2.92. The number of rotatable bonds is 3. The Morgan fingerprint density at radius 3 is 2.50 bits per heavy atom. The van der Waals surface area contributed by atoms with Crippen molar-refractivity contribution in [2.45, 2.75) is 40.2 Å². The Bertz CT molecular complexity index is 387. The Morgan fingerprint density at radius 2 is 2.12 bits per heavy atom. The summed E-state index contributed by atoms with van der Waals surface area (Å²) in [6.45, 7) is 7.84. The first-order valence-corrected chi connectivity index (χ1v) is 5.49. The van der Waals surface area contributed by atoms with E-state index in [4.69, 9.17) is 5.73 Å². The van der Waals surface area contributed by atoms with E-state index in [2.05, 4.69) is 5.10 Å². The summed E-state index contributed by atoms with van der Waals surface area (Å²) in [6, 6.07) is 1.50. The number of ketones is 1. The van der Waals surface area contributed by atoms with Crippen LogP contribution < -0.4 is 5.73 Å². The van der Waals surface area contributed by atoms with Crippen LogP contribution in [0.3, 0.4) is 0 Å². The zero-order valence-electron chi connectivity index (χ0n) is 10.7. The van der Waals surface area contributed by atoms with Gasteiger partial charge < -0.3 is 5.73 Å². The molecule has 2 N–H and O–H groups in total. The molecule has 0 amide bonds. The van der Waals surface area contributed by atoms with Crippen molar-refractivity contribution in [3.63, 3.8) is 0 Å². The van der Waals surface area contributed by atoms with Crippen LogP contribution in [0.4, 0.5) is 0 Å². The number of aromatic nitrogens is 2. The van der Waals surface area contributed by atoms with Crippen LogP contribution in [-0.4, -0.2) is 21.6 Å². The van der Waals surface area contributed by atoms with Crippen molar-refractivity contribution >= 4 is 5.78 Å². The molecule has 1 rings (SSSR count). The Kier molecular flexibility index (Phi) is 3.53. The SMILES string of the molecule is Cc1cc(CC(=O)C(N)C(C)(C)C)n(C)n1. The molecule has 1 aromatic heterocycles. The van der Waals surface area contributed by atoms with E-state index in [1.54, 1.807) is 4.68 Å². The van der Waals surface area contributed by atoms with Crippen LogP contribution in [-0.2, 0) is 18.3 Å². The van der Waals surface area contributed by atoms with Gasteiger partial charge in [0.2, 0.25) is 0 Å². The van der Waals surface area contributed by atoms with Crippen LogP contribution in [0.25, 0.3) is 0 Å². The van der Waals surface area contributed by atoms with Crippen LogP contribution >= 0.6 is 0 Å². The van der Waals surface area contributed by atoms with Gasteiger partial charge in [0.05, 0.1) is 18.2 Å². The molecule has 0 saturated carbocycles. The maximum Gasteiger partial charge on any atom is 0.155 e. The fourth-order valence-corrected chi connectivity index (χ4v) is 1.60. The fraction of sp³-hybridized carbons (Fsp3) is 0.667. The molecule has 0 saturated heterocycles. The Balaban J connectivity index is 2.76. The van der Waals surface area contributed by atoms with E-state index in [0.717, 1.165) is 11.4 Å². The predicted molar refractivity (Wildman–Crippen MR) is 64.1 cm³/mol. The monoisotopic (exact) mass is 223 g/mol. The highest BCUT2D eigenvalue weighted by Gasteiger charge is 2.27. The normalized spacial score (nSPS) is 13.9. The molecule has 0 spiro atoms. The number of aryl methyl sites for hydroxylation is 2. The smallest absolute Gasteiger partial charge is 0.155 e. The molecule has 0 aliphatic heterocycles. The van der Waals surface area contributed by atoms with E-state index in [9.17, 15) is 4.79 Å². The van der Waals surface area contributed by atoms with Crippen molar-refractivity contribution in [3.05, 3.63) is 17.5 Å². The molecule has 90 valence electrons. The third-order valence-electron chi connectivity index (χ3n) is 2.73. The van der Waals surface area contributed by atoms with Crippen molar-refractivity contribution in [3.8, 4) is 0 Å². The van der Waals surface area contributed by atoms with Crippen LogP contribution in [0.5, 0.6) is 0 Å². The minimum absolute atomic E-state index is 0.0653. The second-order valence-corrected chi connectivity index (χ2v) is 5.39.